The topological polar surface area (TPSA) is 38.3 Å². The molecule has 25 heavy (non-hydrogen) atoms. The molecular weight excluding hydrogens is 317 g/mol. The predicted octanol–water partition coefficient (Wildman–Crippen LogP) is 3.83. The van der Waals surface area contributed by atoms with E-state index >= 15 is 0 Å². The molecule has 0 fully saturated rings. The van der Waals surface area contributed by atoms with Gasteiger partial charge in [0.1, 0.15) is 11.6 Å². The first kappa shape index (κ1) is 17.5. The average molecular weight is 341 g/mol. The van der Waals surface area contributed by atoms with E-state index in [-0.39, 0.29) is 11.7 Å². The van der Waals surface area contributed by atoms with Crippen LogP contribution >= 0.6 is 0 Å². The van der Waals surface area contributed by atoms with Crippen LogP contribution in [0, 0.1) is 5.82 Å². The van der Waals surface area contributed by atoms with Crippen LogP contribution in [-0.2, 0) is 24.1 Å². The highest BCUT2D eigenvalue weighted by atomic mass is 19.1. The Morgan fingerprint density at radius 3 is 2.60 bits per heavy atom. The number of ether oxygens (including phenoxy) is 1. The van der Waals surface area contributed by atoms with E-state index in [1.807, 2.05) is 6.07 Å². The van der Waals surface area contributed by atoms with Gasteiger partial charge in [-0.1, -0.05) is 18.2 Å². The molecule has 1 aliphatic rings. The van der Waals surface area contributed by atoms with Crippen molar-refractivity contribution < 1.29 is 13.9 Å². The molecule has 0 aromatic heterocycles. The molecule has 1 aliphatic carbocycles. The van der Waals surface area contributed by atoms with Crippen LogP contribution in [0.5, 0.6) is 5.75 Å². The Labute approximate surface area is 148 Å². The third-order valence-electron chi connectivity index (χ3n) is 4.63. The van der Waals surface area contributed by atoms with E-state index in [1.54, 1.807) is 19.1 Å². The van der Waals surface area contributed by atoms with Crippen molar-refractivity contribution in [2.75, 3.05) is 6.54 Å². The first-order valence-electron chi connectivity index (χ1n) is 8.92. The van der Waals surface area contributed by atoms with Crippen LogP contribution in [0.2, 0.25) is 0 Å². The number of carbonyl (C=O) groups is 1. The maximum absolute atomic E-state index is 12.9. The van der Waals surface area contributed by atoms with Gasteiger partial charge in [-0.05, 0) is 80.0 Å². The van der Waals surface area contributed by atoms with Crippen LogP contribution in [-0.4, -0.2) is 18.6 Å². The van der Waals surface area contributed by atoms with E-state index in [4.69, 9.17) is 4.74 Å². The van der Waals surface area contributed by atoms with Crippen LogP contribution in [0.25, 0.3) is 0 Å². The van der Waals surface area contributed by atoms with Crippen molar-refractivity contribution in [1.82, 2.24) is 5.32 Å². The Bertz CT molecular complexity index is 727. The number of nitrogens with one attached hydrogen (secondary N) is 1. The molecular formula is C21H24FNO2. The second-order valence-electron chi connectivity index (χ2n) is 6.57. The number of benzene rings is 2. The summed E-state index contributed by atoms with van der Waals surface area (Å²) in [6, 6.07) is 12.5. The second-order valence-corrected chi connectivity index (χ2v) is 6.57. The number of hydrogen-bond donors (Lipinski definition) is 1. The lowest BCUT2D eigenvalue weighted by molar-refractivity contribution is -0.127. The molecule has 0 aliphatic heterocycles. The molecule has 3 nitrogen and oxygen atoms in total. The van der Waals surface area contributed by atoms with Crippen molar-refractivity contribution in [2.24, 2.45) is 0 Å². The Balaban J connectivity index is 1.48. The summed E-state index contributed by atoms with van der Waals surface area (Å²) in [6.07, 6.45) is 4.81. The zero-order chi connectivity index (χ0) is 17.6. The molecule has 0 heterocycles. The van der Waals surface area contributed by atoms with Crippen LogP contribution in [0.15, 0.2) is 42.5 Å². The Kier molecular flexibility index (Phi) is 5.69. The highest BCUT2D eigenvalue weighted by Gasteiger charge is 2.16. The quantitative estimate of drug-likeness (QED) is 0.867. The maximum atomic E-state index is 12.9. The summed E-state index contributed by atoms with van der Waals surface area (Å²) in [5.41, 5.74) is 3.73. The number of aryl methyl sites for hydroxylation is 2. The average Bonchev–Trinajstić information content (AvgIpc) is 2.63. The third-order valence-corrected chi connectivity index (χ3v) is 4.63. The molecule has 0 unspecified atom stereocenters. The van der Waals surface area contributed by atoms with Gasteiger partial charge in [-0.15, -0.1) is 0 Å². The van der Waals surface area contributed by atoms with Gasteiger partial charge in [0.2, 0.25) is 0 Å². The minimum Gasteiger partial charge on any atom is -0.481 e. The van der Waals surface area contributed by atoms with Crippen LogP contribution in [0.1, 0.15) is 36.5 Å². The number of halogens is 1. The van der Waals surface area contributed by atoms with E-state index < -0.39 is 6.10 Å². The molecule has 4 heteroatoms. The van der Waals surface area contributed by atoms with Gasteiger partial charge in [0.15, 0.2) is 6.10 Å². The Hall–Kier alpha value is -2.36. The van der Waals surface area contributed by atoms with E-state index in [2.05, 4.69) is 17.4 Å². The zero-order valence-corrected chi connectivity index (χ0v) is 14.6. The predicted molar refractivity (Wildman–Crippen MR) is 96.3 cm³/mol. The molecule has 0 saturated heterocycles. The molecule has 0 bridgehead atoms. The van der Waals surface area contributed by atoms with Crippen molar-refractivity contribution in [3.05, 3.63) is 65.0 Å². The first-order chi connectivity index (χ1) is 12.1. The summed E-state index contributed by atoms with van der Waals surface area (Å²) < 4.78 is 18.7. The normalized spacial score (nSPS) is 14.5. The molecule has 1 amide bonds. The summed E-state index contributed by atoms with van der Waals surface area (Å²) in [5, 5.41) is 2.87. The van der Waals surface area contributed by atoms with Crippen molar-refractivity contribution in [1.29, 1.82) is 0 Å². The molecule has 2 aromatic rings. The minimum absolute atomic E-state index is 0.139. The summed E-state index contributed by atoms with van der Waals surface area (Å²) in [7, 11) is 0. The van der Waals surface area contributed by atoms with Crippen molar-refractivity contribution >= 4 is 5.91 Å². The highest BCUT2D eigenvalue weighted by molar-refractivity contribution is 5.80. The van der Waals surface area contributed by atoms with E-state index in [1.165, 1.54) is 36.1 Å². The van der Waals surface area contributed by atoms with Crippen molar-refractivity contribution in [3.63, 3.8) is 0 Å². The lowest BCUT2D eigenvalue weighted by atomic mass is 9.92. The highest BCUT2D eigenvalue weighted by Crippen LogP contribution is 2.25. The van der Waals surface area contributed by atoms with Gasteiger partial charge < -0.3 is 10.1 Å². The summed E-state index contributed by atoms with van der Waals surface area (Å²) in [6.45, 7) is 2.26. The zero-order valence-electron chi connectivity index (χ0n) is 14.6. The fourth-order valence-corrected chi connectivity index (χ4v) is 3.17. The second kappa shape index (κ2) is 8.15. The fourth-order valence-electron chi connectivity index (χ4n) is 3.17. The third kappa shape index (κ3) is 4.81. The van der Waals surface area contributed by atoms with Gasteiger partial charge in [-0.3, -0.25) is 4.79 Å². The van der Waals surface area contributed by atoms with E-state index in [0.717, 1.165) is 24.2 Å². The lowest BCUT2D eigenvalue weighted by Crippen LogP contribution is -2.37. The van der Waals surface area contributed by atoms with Gasteiger partial charge in [0.25, 0.3) is 5.91 Å². The minimum atomic E-state index is -0.546. The van der Waals surface area contributed by atoms with Crippen LogP contribution < -0.4 is 10.1 Å². The van der Waals surface area contributed by atoms with Crippen molar-refractivity contribution in [3.8, 4) is 5.75 Å². The molecule has 0 spiro atoms. The van der Waals surface area contributed by atoms with Gasteiger partial charge in [-0.25, -0.2) is 4.39 Å². The monoisotopic (exact) mass is 341 g/mol. The molecule has 3 rings (SSSR count). The molecule has 0 saturated carbocycles. The van der Waals surface area contributed by atoms with Crippen molar-refractivity contribution in [2.45, 2.75) is 45.1 Å². The summed E-state index contributed by atoms with van der Waals surface area (Å²) >= 11 is 0. The number of amides is 1. The molecule has 1 atom stereocenters. The summed E-state index contributed by atoms with van der Waals surface area (Å²) in [5.74, 6) is 0.363. The van der Waals surface area contributed by atoms with Gasteiger partial charge in [0.05, 0.1) is 0 Å². The molecule has 132 valence electrons. The number of fused-ring (bicyclic) bond motifs is 1. The standard InChI is InChI=1S/C21H24FNO2/c1-15(21(24)23-13-12-16-6-9-19(22)10-7-16)25-20-11-8-17-4-2-3-5-18(17)14-20/h6-11,14-15H,2-5,12-13H2,1H3,(H,23,24)/t15-/m1/s1. The molecule has 2 aromatic carbocycles. The Morgan fingerprint density at radius 1 is 1.12 bits per heavy atom. The number of hydrogen-bond acceptors (Lipinski definition) is 2. The van der Waals surface area contributed by atoms with Crippen LogP contribution in [0.3, 0.4) is 0 Å². The van der Waals surface area contributed by atoms with Gasteiger partial charge in [-0.2, -0.15) is 0 Å². The van der Waals surface area contributed by atoms with E-state index in [9.17, 15) is 9.18 Å². The number of rotatable bonds is 6. The first-order valence-corrected chi connectivity index (χ1v) is 8.92. The largest absolute Gasteiger partial charge is 0.481 e. The fraction of sp³-hybridized carbons (Fsp3) is 0.381. The smallest absolute Gasteiger partial charge is 0.260 e. The number of carbonyl (C=O) groups excluding carboxylic acids is 1. The van der Waals surface area contributed by atoms with Crippen LogP contribution in [0.4, 0.5) is 4.39 Å². The maximum Gasteiger partial charge on any atom is 0.260 e. The molecule has 1 N–H and O–H groups in total. The Morgan fingerprint density at radius 2 is 1.84 bits per heavy atom. The SMILES string of the molecule is C[C@@H](Oc1ccc2c(c1)CCCC2)C(=O)NCCc1ccc(F)cc1. The van der Waals surface area contributed by atoms with E-state index in [0.29, 0.717) is 13.0 Å². The summed E-state index contributed by atoms with van der Waals surface area (Å²) in [4.78, 5) is 12.2. The van der Waals surface area contributed by atoms with Gasteiger partial charge in [0, 0.05) is 6.54 Å². The lowest BCUT2D eigenvalue weighted by Gasteiger charge is -2.19. The molecule has 0 radical (unpaired) electrons. The van der Waals surface area contributed by atoms with Gasteiger partial charge >= 0.3 is 0 Å².